The van der Waals surface area contributed by atoms with E-state index in [4.69, 9.17) is 9.47 Å². The molecule has 0 aliphatic carbocycles. The lowest BCUT2D eigenvalue weighted by Crippen LogP contribution is -2.38. The molecule has 0 bridgehead atoms. The summed E-state index contributed by atoms with van der Waals surface area (Å²) >= 11 is 0. The molecule has 0 spiro atoms. The van der Waals surface area contributed by atoms with E-state index in [0.717, 1.165) is 32.7 Å². The number of nitrogens with one attached hydrogen (secondary N) is 1. The van der Waals surface area contributed by atoms with Gasteiger partial charge in [-0.25, -0.2) is 0 Å². The van der Waals surface area contributed by atoms with Gasteiger partial charge in [-0.1, -0.05) is 6.92 Å². The first-order chi connectivity index (χ1) is 6.72. The van der Waals surface area contributed by atoms with Crippen molar-refractivity contribution < 1.29 is 9.47 Å². The number of hydrogen-bond donors (Lipinski definition) is 1. The zero-order chi connectivity index (χ0) is 10.4. The number of rotatable bonds is 6. The fourth-order valence-corrected chi connectivity index (χ4v) is 1.58. The Morgan fingerprint density at radius 2 is 2.21 bits per heavy atom. The first kappa shape index (κ1) is 12.0. The molecule has 1 saturated heterocycles. The summed E-state index contributed by atoms with van der Waals surface area (Å²) in [5.74, 6) is 0. The molecule has 1 aliphatic heterocycles. The van der Waals surface area contributed by atoms with E-state index in [1.165, 1.54) is 0 Å². The first-order valence-corrected chi connectivity index (χ1v) is 5.67. The van der Waals surface area contributed by atoms with E-state index in [2.05, 4.69) is 26.1 Å². The molecule has 3 atom stereocenters. The third-order valence-corrected chi connectivity index (χ3v) is 2.65. The van der Waals surface area contributed by atoms with Gasteiger partial charge in [0, 0.05) is 18.7 Å². The Balaban J connectivity index is 2.04. The van der Waals surface area contributed by atoms with Crippen molar-refractivity contribution in [2.75, 3.05) is 19.8 Å². The van der Waals surface area contributed by atoms with Crippen molar-refractivity contribution in [2.45, 2.75) is 51.8 Å². The van der Waals surface area contributed by atoms with Gasteiger partial charge in [0.25, 0.3) is 0 Å². The third kappa shape index (κ3) is 4.40. The molecular weight excluding hydrogens is 178 g/mol. The van der Waals surface area contributed by atoms with Crippen LogP contribution in [-0.2, 0) is 9.47 Å². The highest BCUT2D eigenvalue weighted by Gasteiger charge is 2.17. The van der Waals surface area contributed by atoms with Crippen LogP contribution in [-0.4, -0.2) is 38.0 Å². The minimum atomic E-state index is 0.330. The van der Waals surface area contributed by atoms with E-state index < -0.39 is 0 Å². The van der Waals surface area contributed by atoms with Gasteiger partial charge in [0.15, 0.2) is 0 Å². The second-order valence-electron chi connectivity index (χ2n) is 4.20. The molecule has 0 aromatic heterocycles. The molecule has 1 fully saturated rings. The van der Waals surface area contributed by atoms with Crippen LogP contribution in [0.2, 0.25) is 0 Å². The van der Waals surface area contributed by atoms with Crippen LogP contribution in [0.3, 0.4) is 0 Å². The Morgan fingerprint density at radius 3 is 2.79 bits per heavy atom. The van der Waals surface area contributed by atoms with E-state index in [-0.39, 0.29) is 0 Å². The Bertz CT molecular complexity index is 146. The fourth-order valence-electron chi connectivity index (χ4n) is 1.58. The van der Waals surface area contributed by atoms with Crippen molar-refractivity contribution in [1.82, 2.24) is 5.32 Å². The lowest BCUT2D eigenvalue weighted by atomic mass is 10.2. The topological polar surface area (TPSA) is 30.5 Å². The molecule has 0 amide bonds. The average molecular weight is 201 g/mol. The average Bonchev–Trinajstić information content (AvgIpc) is 2.67. The predicted molar refractivity (Wildman–Crippen MR) is 57.5 cm³/mol. The van der Waals surface area contributed by atoms with Crippen LogP contribution in [0, 0.1) is 0 Å². The summed E-state index contributed by atoms with van der Waals surface area (Å²) in [6.07, 6.45) is 2.55. The highest BCUT2D eigenvalue weighted by atomic mass is 16.5. The van der Waals surface area contributed by atoms with Crippen molar-refractivity contribution in [3.63, 3.8) is 0 Å². The predicted octanol–water partition coefficient (Wildman–Crippen LogP) is 1.57. The largest absolute Gasteiger partial charge is 0.379 e. The van der Waals surface area contributed by atoms with Gasteiger partial charge in [-0.15, -0.1) is 0 Å². The molecule has 84 valence electrons. The van der Waals surface area contributed by atoms with Gasteiger partial charge < -0.3 is 14.8 Å². The van der Waals surface area contributed by atoms with Crippen molar-refractivity contribution in [1.29, 1.82) is 0 Å². The molecule has 1 aliphatic rings. The summed E-state index contributed by atoms with van der Waals surface area (Å²) in [5, 5.41) is 3.49. The maximum Gasteiger partial charge on any atom is 0.0831 e. The molecule has 3 nitrogen and oxygen atoms in total. The number of ether oxygens (including phenoxy) is 2. The Hall–Kier alpha value is -0.120. The van der Waals surface area contributed by atoms with Gasteiger partial charge >= 0.3 is 0 Å². The van der Waals surface area contributed by atoms with Gasteiger partial charge in [-0.05, 0) is 26.7 Å². The summed E-state index contributed by atoms with van der Waals surface area (Å²) in [4.78, 5) is 0. The second kappa shape index (κ2) is 6.38. The van der Waals surface area contributed by atoms with Gasteiger partial charge in [0.2, 0.25) is 0 Å². The fraction of sp³-hybridized carbons (Fsp3) is 1.00. The highest BCUT2D eigenvalue weighted by molar-refractivity contribution is 4.68. The molecule has 1 N–H and O–H groups in total. The van der Waals surface area contributed by atoms with Crippen molar-refractivity contribution in [2.24, 2.45) is 0 Å². The monoisotopic (exact) mass is 201 g/mol. The first-order valence-electron chi connectivity index (χ1n) is 5.67. The van der Waals surface area contributed by atoms with Gasteiger partial charge in [0.05, 0.1) is 19.3 Å². The summed E-state index contributed by atoms with van der Waals surface area (Å²) in [6.45, 7) is 8.99. The SMILES string of the molecule is CCC(C)NC(C)COC1CCOC1. The van der Waals surface area contributed by atoms with Crippen LogP contribution in [0.5, 0.6) is 0 Å². The van der Waals surface area contributed by atoms with Crippen molar-refractivity contribution in [3.05, 3.63) is 0 Å². The van der Waals surface area contributed by atoms with Gasteiger partial charge in [-0.2, -0.15) is 0 Å². The lowest BCUT2D eigenvalue weighted by molar-refractivity contribution is 0.0311. The molecule has 1 rings (SSSR count). The lowest BCUT2D eigenvalue weighted by Gasteiger charge is -2.20. The molecule has 0 saturated carbocycles. The molecular formula is C11H23NO2. The van der Waals surface area contributed by atoms with Gasteiger partial charge in [0.1, 0.15) is 0 Å². The maximum atomic E-state index is 5.72. The molecule has 0 aromatic rings. The Morgan fingerprint density at radius 1 is 1.43 bits per heavy atom. The van der Waals surface area contributed by atoms with E-state index in [0.29, 0.717) is 18.2 Å². The summed E-state index contributed by atoms with van der Waals surface area (Å²) in [6, 6.07) is 1.01. The summed E-state index contributed by atoms with van der Waals surface area (Å²) in [7, 11) is 0. The van der Waals surface area contributed by atoms with Crippen LogP contribution >= 0.6 is 0 Å². The third-order valence-electron chi connectivity index (χ3n) is 2.65. The maximum absolute atomic E-state index is 5.72. The smallest absolute Gasteiger partial charge is 0.0831 e. The minimum absolute atomic E-state index is 0.330. The quantitative estimate of drug-likeness (QED) is 0.707. The van der Waals surface area contributed by atoms with Crippen LogP contribution < -0.4 is 5.32 Å². The minimum Gasteiger partial charge on any atom is -0.379 e. The van der Waals surface area contributed by atoms with Crippen LogP contribution in [0.4, 0.5) is 0 Å². The Labute approximate surface area is 87.2 Å². The van der Waals surface area contributed by atoms with E-state index >= 15 is 0 Å². The molecule has 1 heterocycles. The molecule has 0 radical (unpaired) electrons. The van der Waals surface area contributed by atoms with Gasteiger partial charge in [-0.3, -0.25) is 0 Å². The molecule has 3 heteroatoms. The van der Waals surface area contributed by atoms with Crippen molar-refractivity contribution >= 4 is 0 Å². The normalized spacial score (nSPS) is 26.4. The molecule has 14 heavy (non-hydrogen) atoms. The zero-order valence-corrected chi connectivity index (χ0v) is 9.58. The van der Waals surface area contributed by atoms with E-state index in [1.54, 1.807) is 0 Å². The summed E-state index contributed by atoms with van der Waals surface area (Å²) < 4.78 is 11.0. The van der Waals surface area contributed by atoms with Crippen LogP contribution in [0.1, 0.15) is 33.6 Å². The van der Waals surface area contributed by atoms with Crippen molar-refractivity contribution in [3.8, 4) is 0 Å². The van der Waals surface area contributed by atoms with E-state index in [9.17, 15) is 0 Å². The van der Waals surface area contributed by atoms with Crippen LogP contribution in [0.15, 0.2) is 0 Å². The molecule has 3 unspecified atom stereocenters. The summed E-state index contributed by atoms with van der Waals surface area (Å²) in [5.41, 5.74) is 0. The zero-order valence-electron chi connectivity index (χ0n) is 9.58. The highest BCUT2D eigenvalue weighted by Crippen LogP contribution is 2.08. The molecule has 0 aromatic carbocycles. The second-order valence-corrected chi connectivity index (χ2v) is 4.20. The number of hydrogen-bond acceptors (Lipinski definition) is 3. The standard InChI is InChI=1S/C11H23NO2/c1-4-9(2)12-10(3)7-14-11-5-6-13-8-11/h9-12H,4-8H2,1-3H3. The Kier molecular flexibility index (Phi) is 5.45. The van der Waals surface area contributed by atoms with Crippen LogP contribution in [0.25, 0.3) is 0 Å². The van der Waals surface area contributed by atoms with E-state index in [1.807, 2.05) is 0 Å².